The van der Waals surface area contributed by atoms with Crippen molar-refractivity contribution in [2.24, 2.45) is 5.92 Å². The standard InChI is InChI=1S/C7H14Br2/c1-4-6(8)7(9)5(2)3/h5-7H,4H2,1-3H3. The van der Waals surface area contributed by atoms with Gasteiger partial charge in [0.25, 0.3) is 0 Å². The Balaban J connectivity index is 3.58. The van der Waals surface area contributed by atoms with Crippen LogP contribution < -0.4 is 0 Å². The fourth-order valence-electron chi connectivity index (χ4n) is 0.643. The molecule has 0 nitrogen and oxygen atoms in total. The predicted molar refractivity (Wildman–Crippen MR) is 50.6 cm³/mol. The molecule has 0 saturated carbocycles. The van der Waals surface area contributed by atoms with E-state index in [2.05, 4.69) is 52.6 Å². The molecular formula is C7H14Br2. The smallest absolute Gasteiger partial charge is 0.0293 e. The van der Waals surface area contributed by atoms with Crippen molar-refractivity contribution >= 4 is 31.9 Å². The monoisotopic (exact) mass is 256 g/mol. The molecule has 0 aliphatic rings. The van der Waals surface area contributed by atoms with E-state index < -0.39 is 0 Å². The molecule has 0 N–H and O–H groups in total. The molecule has 0 aromatic heterocycles. The van der Waals surface area contributed by atoms with Crippen LogP contribution in [0.25, 0.3) is 0 Å². The molecule has 2 unspecified atom stereocenters. The highest BCUT2D eigenvalue weighted by Gasteiger charge is 2.16. The van der Waals surface area contributed by atoms with E-state index in [0.717, 1.165) is 0 Å². The van der Waals surface area contributed by atoms with Crippen LogP contribution in [0.5, 0.6) is 0 Å². The van der Waals surface area contributed by atoms with Gasteiger partial charge in [0.15, 0.2) is 0 Å². The highest BCUT2D eigenvalue weighted by atomic mass is 79.9. The van der Waals surface area contributed by atoms with Gasteiger partial charge >= 0.3 is 0 Å². The van der Waals surface area contributed by atoms with E-state index in [4.69, 9.17) is 0 Å². The Morgan fingerprint density at radius 1 is 1.22 bits per heavy atom. The highest BCUT2D eigenvalue weighted by Crippen LogP contribution is 2.23. The third-order valence-corrected chi connectivity index (χ3v) is 4.99. The predicted octanol–water partition coefficient (Wildman–Crippen LogP) is 3.58. The van der Waals surface area contributed by atoms with Crippen LogP contribution >= 0.6 is 31.9 Å². The van der Waals surface area contributed by atoms with Crippen LogP contribution in [0.15, 0.2) is 0 Å². The highest BCUT2D eigenvalue weighted by molar-refractivity contribution is 9.12. The Bertz CT molecular complexity index is 71.3. The van der Waals surface area contributed by atoms with Gasteiger partial charge in [-0.25, -0.2) is 0 Å². The maximum atomic E-state index is 3.62. The summed E-state index contributed by atoms with van der Waals surface area (Å²) >= 11 is 7.22. The molecular weight excluding hydrogens is 244 g/mol. The Kier molecular flexibility index (Phi) is 5.23. The van der Waals surface area contributed by atoms with E-state index in [-0.39, 0.29) is 0 Å². The van der Waals surface area contributed by atoms with Gasteiger partial charge in [-0.2, -0.15) is 0 Å². The Labute approximate surface area is 74.7 Å². The number of alkyl halides is 2. The zero-order chi connectivity index (χ0) is 7.44. The first-order valence-corrected chi connectivity index (χ1v) is 5.20. The van der Waals surface area contributed by atoms with Gasteiger partial charge in [-0.05, 0) is 12.3 Å². The quantitative estimate of drug-likeness (QED) is 0.678. The summed E-state index contributed by atoms with van der Waals surface area (Å²) in [7, 11) is 0. The summed E-state index contributed by atoms with van der Waals surface area (Å²) in [6, 6.07) is 0. The fourth-order valence-corrected chi connectivity index (χ4v) is 1.63. The summed E-state index contributed by atoms with van der Waals surface area (Å²) in [5, 5.41) is 0. The van der Waals surface area contributed by atoms with Crippen LogP contribution in [0.4, 0.5) is 0 Å². The molecule has 0 aromatic carbocycles. The third-order valence-electron chi connectivity index (χ3n) is 1.37. The summed E-state index contributed by atoms with van der Waals surface area (Å²) in [4.78, 5) is 1.24. The van der Waals surface area contributed by atoms with E-state index in [1.807, 2.05) is 0 Å². The molecule has 0 rings (SSSR count). The lowest BCUT2D eigenvalue weighted by Crippen LogP contribution is -2.18. The molecule has 0 spiro atoms. The van der Waals surface area contributed by atoms with E-state index in [1.165, 1.54) is 6.42 Å². The first kappa shape index (κ1) is 9.96. The molecule has 0 amide bonds. The lowest BCUT2D eigenvalue weighted by atomic mass is 10.1. The zero-order valence-corrected chi connectivity index (χ0v) is 9.37. The zero-order valence-electron chi connectivity index (χ0n) is 6.20. The van der Waals surface area contributed by atoms with Gasteiger partial charge in [-0.1, -0.05) is 52.6 Å². The maximum Gasteiger partial charge on any atom is 0.0293 e. The molecule has 0 aliphatic carbocycles. The van der Waals surface area contributed by atoms with Gasteiger partial charge < -0.3 is 0 Å². The average Bonchev–Trinajstić information content (AvgIpc) is 1.84. The van der Waals surface area contributed by atoms with Crippen molar-refractivity contribution in [1.29, 1.82) is 0 Å². The summed E-state index contributed by atoms with van der Waals surface area (Å²) in [6.45, 7) is 6.64. The lowest BCUT2D eigenvalue weighted by molar-refractivity contribution is 0.591. The van der Waals surface area contributed by atoms with Crippen LogP contribution in [-0.2, 0) is 0 Å². The number of hydrogen-bond acceptors (Lipinski definition) is 0. The minimum atomic E-state index is 0.613. The molecule has 9 heavy (non-hydrogen) atoms. The van der Waals surface area contributed by atoms with Crippen LogP contribution in [0.3, 0.4) is 0 Å². The van der Waals surface area contributed by atoms with Gasteiger partial charge in [-0.3, -0.25) is 0 Å². The van der Waals surface area contributed by atoms with Crippen molar-refractivity contribution in [1.82, 2.24) is 0 Å². The number of rotatable bonds is 3. The molecule has 0 radical (unpaired) electrons. The Hall–Kier alpha value is 0.960. The van der Waals surface area contributed by atoms with Crippen LogP contribution in [0.1, 0.15) is 27.2 Å². The number of hydrogen-bond donors (Lipinski definition) is 0. The second-order valence-corrected chi connectivity index (χ2v) is 4.85. The molecule has 0 heterocycles. The molecule has 0 saturated heterocycles. The van der Waals surface area contributed by atoms with Gasteiger partial charge in [0.05, 0.1) is 0 Å². The topological polar surface area (TPSA) is 0 Å². The SMILES string of the molecule is CCC(Br)C(Br)C(C)C. The van der Waals surface area contributed by atoms with E-state index in [0.29, 0.717) is 15.6 Å². The van der Waals surface area contributed by atoms with E-state index in [1.54, 1.807) is 0 Å². The van der Waals surface area contributed by atoms with Crippen molar-refractivity contribution in [3.63, 3.8) is 0 Å². The number of halogens is 2. The second kappa shape index (κ2) is 4.73. The van der Waals surface area contributed by atoms with Gasteiger partial charge in [0, 0.05) is 9.65 Å². The van der Waals surface area contributed by atoms with Gasteiger partial charge in [-0.15, -0.1) is 0 Å². The van der Waals surface area contributed by atoms with Gasteiger partial charge in [0.2, 0.25) is 0 Å². The van der Waals surface area contributed by atoms with Crippen molar-refractivity contribution in [3.8, 4) is 0 Å². The summed E-state index contributed by atoms with van der Waals surface area (Å²) in [5.41, 5.74) is 0. The molecule has 56 valence electrons. The van der Waals surface area contributed by atoms with Crippen LogP contribution in [0, 0.1) is 5.92 Å². The van der Waals surface area contributed by atoms with E-state index in [9.17, 15) is 0 Å². The second-order valence-electron chi connectivity index (χ2n) is 2.61. The first-order valence-electron chi connectivity index (χ1n) is 3.37. The molecule has 0 aromatic rings. The van der Waals surface area contributed by atoms with Crippen molar-refractivity contribution in [2.75, 3.05) is 0 Å². The fraction of sp³-hybridized carbons (Fsp3) is 1.00. The van der Waals surface area contributed by atoms with Crippen LogP contribution in [-0.4, -0.2) is 9.65 Å². The van der Waals surface area contributed by atoms with Crippen LogP contribution in [0.2, 0.25) is 0 Å². The molecule has 2 atom stereocenters. The van der Waals surface area contributed by atoms with Crippen molar-refractivity contribution in [3.05, 3.63) is 0 Å². The average molecular weight is 258 g/mol. The Morgan fingerprint density at radius 3 is 1.78 bits per heavy atom. The third kappa shape index (κ3) is 3.61. The van der Waals surface area contributed by atoms with E-state index >= 15 is 0 Å². The van der Waals surface area contributed by atoms with Crippen molar-refractivity contribution in [2.45, 2.75) is 36.8 Å². The van der Waals surface area contributed by atoms with Gasteiger partial charge in [0.1, 0.15) is 0 Å². The Morgan fingerprint density at radius 2 is 1.67 bits per heavy atom. The van der Waals surface area contributed by atoms with Crippen molar-refractivity contribution < 1.29 is 0 Å². The maximum absolute atomic E-state index is 3.62. The molecule has 2 heteroatoms. The first-order chi connectivity index (χ1) is 4.09. The minimum absolute atomic E-state index is 0.613. The summed E-state index contributed by atoms with van der Waals surface area (Å²) in [6.07, 6.45) is 1.19. The normalized spacial score (nSPS) is 18.0. The molecule has 0 fully saturated rings. The largest absolute Gasteiger partial charge is 0.0879 e. The lowest BCUT2D eigenvalue weighted by Gasteiger charge is -2.17. The minimum Gasteiger partial charge on any atom is -0.0879 e. The molecule has 0 aliphatic heterocycles. The molecule has 0 bridgehead atoms. The summed E-state index contributed by atoms with van der Waals surface area (Å²) < 4.78 is 0. The summed E-state index contributed by atoms with van der Waals surface area (Å²) in [5.74, 6) is 0.717.